The van der Waals surface area contributed by atoms with Crippen molar-refractivity contribution in [2.24, 2.45) is 7.05 Å². The second-order valence-electron chi connectivity index (χ2n) is 5.81. The summed E-state index contributed by atoms with van der Waals surface area (Å²) in [6.45, 7) is 1.93. The van der Waals surface area contributed by atoms with E-state index in [-0.39, 0.29) is 5.91 Å². The van der Waals surface area contributed by atoms with Crippen LogP contribution >= 0.6 is 27.5 Å². The lowest BCUT2D eigenvalue weighted by atomic mass is 10.1. The molecule has 1 N–H and O–H groups in total. The molecule has 0 aliphatic carbocycles. The Kier molecular flexibility index (Phi) is 5.59. The number of carbonyl (C=O) groups is 1. The van der Waals surface area contributed by atoms with Crippen molar-refractivity contribution in [2.45, 2.75) is 6.92 Å². The number of anilines is 1. The Morgan fingerprint density at radius 1 is 1.15 bits per heavy atom. The highest BCUT2D eigenvalue weighted by molar-refractivity contribution is 9.10. The molecule has 0 saturated heterocycles. The average molecular weight is 431 g/mol. The van der Waals surface area contributed by atoms with Crippen LogP contribution in [0.3, 0.4) is 0 Å². The standard InChI is InChI=1S/C20H17BrClN3O/c1-13-19(15-6-8-16(21)9-7-15)20(25(2)24-13)23-18(26)12-5-14-3-10-17(22)11-4-14/h3-12H,1-2H3,(H,23,26)/b12-5+. The van der Waals surface area contributed by atoms with Gasteiger partial charge in [0.05, 0.1) is 5.69 Å². The second-order valence-corrected chi connectivity index (χ2v) is 7.17. The number of rotatable bonds is 4. The summed E-state index contributed by atoms with van der Waals surface area (Å²) < 4.78 is 2.68. The van der Waals surface area contributed by atoms with Gasteiger partial charge in [-0.25, -0.2) is 0 Å². The van der Waals surface area contributed by atoms with Gasteiger partial charge in [0.1, 0.15) is 5.82 Å². The Bertz CT molecular complexity index is 960. The van der Waals surface area contributed by atoms with E-state index in [9.17, 15) is 4.79 Å². The van der Waals surface area contributed by atoms with Crippen molar-refractivity contribution in [1.29, 1.82) is 0 Å². The van der Waals surface area contributed by atoms with Crippen molar-refractivity contribution >= 4 is 45.3 Å². The molecule has 3 aromatic rings. The van der Waals surface area contributed by atoms with Crippen LogP contribution in [0.4, 0.5) is 5.82 Å². The number of nitrogens with one attached hydrogen (secondary N) is 1. The van der Waals surface area contributed by atoms with E-state index in [2.05, 4.69) is 26.3 Å². The molecule has 26 heavy (non-hydrogen) atoms. The number of nitrogens with zero attached hydrogens (tertiary/aromatic N) is 2. The van der Waals surface area contributed by atoms with Gasteiger partial charge in [-0.15, -0.1) is 0 Å². The van der Waals surface area contributed by atoms with E-state index >= 15 is 0 Å². The Morgan fingerprint density at radius 2 is 1.81 bits per heavy atom. The van der Waals surface area contributed by atoms with Crippen LogP contribution in [-0.2, 0) is 11.8 Å². The summed E-state index contributed by atoms with van der Waals surface area (Å²) in [7, 11) is 1.81. The molecule has 0 saturated carbocycles. The summed E-state index contributed by atoms with van der Waals surface area (Å²) in [5.74, 6) is 0.442. The van der Waals surface area contributed by atoms with Crippen LogP contribution in [0.2, 0.25) is 5.02 Å². The average Bonchev–Trinajstić information content (AvgIpc) is 2.89. The van der Waals surface area contributed by atoms with E-state index in [0.717, 1.165) is 26.9 Å². The Labute approximate surface area is 165 Å². The van der Waals surface area contributed by atoms with Crippen LogP contribution in [0, 0.1) is 6.92 Å². The summed E-state index contributed by atoms with van der Waals surface area (Å²) >= 11 is 9.31. The predicted octanol–water partition coefficient (Wildman–Crippen LogP) is 5.46. The minimum Gasteiger partial charge on any atom is -0.307 e. The molecule has 0 aliphatic rings. The zero-order valence-electron chi connectivity index (χ0n) is 14.3. The number of hydrogen-bond donors (Lipinski definition) is 1. The smallest absolute Gasteiger partial charge is 0.249 e. The van der Waals surface area contributed by atoms with Gasteiger partial charge in [0.2, 0.25) is 5.91 Å². The van der Waals surface area contributed by atoms with Crippen molar-refractivity contribution < 1.29 is 4.79 Å². The molecule has 0 radical (unpaired) electrons. The van der Waals surface area contributed by atoms with Crippen LogP contribution in [0.5, 0.6) is 0 Å². The molecule has 132 valence electrons. The van der Waals surface area contributed by atoms with Crippen molar-refractivity contribution in [3.05, 3.63) is 75.4 Å². The second kappa shape index (κ2) is 7.89. The maximum absolute atomic E-state index is 12.4. The van der Waals surface area contributed by atoms with Gasteiger partial charge in [-0.05, 0) is 48.4 Å². The van der Waals surface area contributed by atoms with Crippen LogP contribution in [-0.4, -0.2) is 15.7 Å². The summed E-state index contributed by atoms with van der Waals surface area (Å²) in [6, 6.07) is 15.2. The van der Waals surface area contributed by atoms with E-state index in [4.69, 9.17) is 11.6 Å². The van der Waals surface area contributed by atoms with E-state index in [0.29, 0.717) is 10.8 Å². The highest BCUT2D eigenvalue weighted by Gasteiger charge is 2.16. The molecule has 0 unspecified atom stereocenters. The number of aromatic nitrogens is 2. The first-order valence-corrected chi connectivity index (χ1v) is 9.15. The molecular formula is C20H17BrClN3O. The largest absolute Gasteiger partial charge is 0.307 e. The van der Waals surface area contributed by atoms with Gasteiger partial charge in [0, 0.05) is 28.2 Å². The zero-order chi connectivity index (χ0) is 18.7. The van der Waals surface area contributed by atoms with Crippen molar-refractivity contribution in [1.82, 2.24) is 9.78 Å². The molecule has 1 aromatic heterocycles. The van der Waals surface area contributed by atoms with Gasteiger partial charge in [0.25, 0.3) is 0 Å². The number of halogens is 2. The fraction of sp³-hybridized carbons (Fsp3) is 0.100. The lowest BCUT2D eigenvalue weighted by Gasteiger charge is -2.08. The molecule has 1 heterocycles. The highest BCUT2D eigenvalue weighted by atomic mass is 79.9. The maximum atomic E-state index is 12.4. The quantitative estimate of drug-likeness (QED) is 0.558. The Hall–Kier alpha value is -2.37. The van der Waals surface area contributed by atoms with Crippen molar-refractivity contribution in [2.75, 3.05) is 5.32 Å². The first-order chi connectivity index (χ1) is 12.4. The number of hydrogen-bond acceptors (Lipinski definition) is 2. The van der Waals surface area contributed by atoms with E-state index < -0.39 is 0 Å². The fourth-order valence-corrected chi connectivity index (χ4v) is 3.06. The zero-order valence-corrected chi connectivity index (χ0v) is 16.7. The van der Waals surface area contributed by atoms with E-state index in [1.165, 1.54) is 6.08 Å². The SMILES string of the molecule is Cc1nn(C)c(NC(=O)/C=C/c2ccc(Cl)cc2)c1-c1ccc(Br)cc1. The van der Waals surface area contributed by atoms with Gasteiger partial charge in [-0.3, -0.25) is 9.48 Å². The molecule has 4 nitrogen and oxygen atoms in total. The van der Waals surface area contributed by atoms with Crippen molar-refractivity contribution in [3.63, 3.8) is 0 Å². The Balaban J connectivity index is 1.84. The monoisotopic (exact) mass is 429 g/mol. The third-order valence-electron chi connectivity index (χ3n) is 3.89. The molecule has 0 fully saturated rings. The number of aryl methyl sites for hydroxylation is 2. The predicted molar refractivity (Wildman–Crippen MR) is 110 cm³/mol. The third kappa shape index (κ3) is 4.23. The fourth-order valence-electron chi connectivity index (χ4n) is 2.67. The molecular weight excluding hydrogens is 414 g/mol. The topological polar surface area (TPSA) is 46.9 Å². The van der Waals surface area contributed by atoms with Crippen LogP contribution < -0.4 is 5.32 Å². The molecule has 2 aromatic carbocycles. The van der Waals surface area contributed by atoms with Gasteiger partial charge in [-0.2, -0.15) is 5.10 Å². The number of carbonyl (C=O) groups excluding carboxylic acids is 1. The van der Waals surface area contributed by atoms with E-state index in [1.54, 1.807) is 22.9 Å². The van der Waals surface area contributed by atoms with E-state index in [1.807, 2.05) is 50.4 Å². The van der Waals surface area contributed by atoms with Crippen LogP contribution in [0.25, 0.3) is 17.2 Å². The van der Waals surface area contributed by atoms with Gasteiger partial charge in [0.15, 0.2) is 0 Å². The summed E-state index contributed by atoms with van der Waals surface area (Å²) in [6.07, 6.45) is 3.24. The molecule has 1 amide bonds. The van der Waals surface area contributed by atoms with Gasteiger partial charge < -0.3 is 5.32 Å². The molecule has 0 atom stereocenters. The van der Waals surface area contributed by atoms with Crippen molar-refractivity contribution in [3.8, 4) is 11.1 Å². The summed E-state index contributed by atoms with van der Waals surface area (Å²) in [4.78, 5) is 12.4. The first kappa shape index (κ1) is 18.4. The molecule has 0 aliphatic heterocycles. The summed E-state index contributed by atoms with van der Waals surface area (Å²) in [5, 5.41) is 8.04. The minimum atomic E-state index is -0.221. The Morgan fingerprint density at radius 3 is 2.46 bits per heavy atom. The lowest BCUT2D eigenvalue weighted by molar-refractivity contribution is -0.111. The normalized spacial score (nSPS) is 11.1. The highest BCUT2D eigenvalue weighted by Crippen LogP contribution is 2.31. The number of amides is 1. The lowest BCUT2D eigenvalue weighted by Crippen LogP contribution is -2.12. The number of benzene rings is 2. The molecule has 3 rings (SSSR count). The molecule has 6 heteroatoms. The van der Waals surface area contributed by atoms with Crippen LogP contribution in [0.15, 0.2) is 59.1 Å². The molecule has 0 bridgehead atoms. The minimum absolute atomic E-state index is 0.221. The maximum Gasteiger partial charge on any atom is 0.249 e. The third-order valence-corrected chi connectivity index (χ3v) is 4.67. The van der Waals surface area contributed by atoms with Crippen LogP contribution in [0.1, 0.15) is 11.3 Å². The van der Waals surface area contributed by atoms with Gasteiger partial charge in [-0.1, -0.05) is 51.8 Å². The molecule has 0 spiro atoms. The summed E-state index contributed by atoms with van der Waals surface area (Å²) in [5.41, 5.74) is 3.66. The first-order valence-electron chi connectivity index (χ1n) is 7.98. The van der Waals surface area contributed by atoms with Gasteiger partial charge >= 0.3 is 0 Å².